The van der Waals surface area contributed by atoms with Gasteiger partial charge in [-0.1, -0.05) is 35.3 Å². The SMILES string of the molecule is COc1c(Cl)cc(Cl)cc1C(=O)NCC1CCCCN1C(=O)c1nc(C)sc1-c1ccc(F)cc1. The minimum Gasteiger partial charge on any atom is -0.494 e. The zero-order valence-electron chi connectivity index (χ0n) is 19.2. The van der Waals surface area contributed by atoms with Gasteiger partial charge in [0.2, 0.25) is 0 Å². The number of nitrogens with zero attached hydrogens (tertiary/aromatic N) is 2. The summed E-state index contributed by atoms with van der Waals surface area (Å²) < 4.78 is 18.7. The monoisotopic (exact) mass is 535 g/mol. The molecule has 2 heterocycles. The van der Waals surface area contributed by atoms with Crippen LogP contribution in [0.1, 0.15) is 45.1 Å². The molecule has 1 fully saturated rings. The second-order valence-corrected chi connectivity index (χ2v) is 10.3. The third-order valence-corrected chi connectivity index (χ3v) is 7.41. The molecule has 0 bridgehead atoms. The summed E-state index contributed by atoms with van der Waals surface area (Å²) in [4.78, 5) is 33.5. The van der Waals surface area contributed by atoms with Crippen molar-refractivity contribution in [1.82, 2.24) is 15.2 Å². The summed E-state index contributed by atoms with van der Waals surface area (Å²) in [6.07, 6.45) is 2.55. The van der Waals surface area contributed by atoms with E-state index in [9.17, 15) is 14.0 Å². The Morgan fingerprint density at radius 3 is 2.69 bits per heavy atom. The number of nitrogens with one attached hydrogen (secondary N) is 1. The first-order valence-electron chi connectivity index (χ1n) is 11.1. The minimum atomic E-state index is -0.388. The average molecular weight is 536 g/mol. The van der Waals surface area contributed by atoms with Gasteiger partial charge in [-0.25, -0.2) is 9.37 Å². The van der Waals surface area contributed by atoms with Crippen LogP contribution in [0.4, 0.5) is 4.39 Å². The van der Waals surface area contributed by atoms with Crippen molar-refractivity contribution in [2.24, 2.45) is 0 Å². The second kappa shape index (κ2) is 10.9. The first kappa shape index (κ1) is 25.4. The third kappa shape index (κ3) is 5.60. The van der Waals surface area contributed by atoms with Crippen LogP contribution in [0.3, 0.4) is 0 Å². The summed E-state index contributed by atoms with van der Waals surface area (Å²) >= 11 is 13.6. The number of aromatic nitrogens is 1. The average Bonchev–Trinajstić information content (AvgIpc) is 3.23. The maximum Gasteiger partial charge on any atom is 0.274 e. The van der Waals surface area contributed by atoms with Gasteiger partial charge in [0, 0.05) is 24.2 Å². The molecule has 1 atom stereocenters. The van der Waals surface area contributed by atoms with Gasteiger partial charge in [0.1, 0.15) is 17.3 Å². The summed E-state index contributed by atoms with van der Waals surface area (Å²) in [7, 11) is 1.43. The lowest BCUT2D eigenvalue weighted by molar-refractivity contribution is 0.0598. The van der Waals surface area contributed by atoms with E-state index in [2.05, 4.69) is 10.3 Å². The van der Waals surface area contributed by atoms with E-state index in [0.717, 1.165) is 29.8 Å². The molecule has 1 N–H and O–H groups in total. The number of hydrogen-bond acceptors (Lipinski definition) is 5. The standard InChI is InChI=1S/C25H24Cl2FN3O3S/c1-14-30-21(23(35-14)15-6-8-17(28)9-7-15)25(33)31-10-4-3-5-18(31)13-29-24(32)19-11-16(26)12-20(27)22(19)34-2/h6-9,11-12,18H,3-5,10,13H2,1-2H3,(H,29,32). The number of carbonyl (C=O) groups excluding carboxylic acids is 2. The van der Waals surface area contributed by atoms with Gasteiger partial charge < -0.3 is 15.0 Å². The fourth-order valence-corrected chi connectivity index (χ4v) is 5.71. The minimum absolute atomic E-state index is 0.198. The van der Waals surface area contributed by atoms with Gasteiger partial charge in [0.05, 0.1) is 27.6 Å². The number of likely N-dealkylation sites (tertiary alicyclic amines) is 1. The molecular weight excluding hydrogens is 512 g/mol. The van der Waals surface area contributed by atoms with Crippen molar-refractivity contribution in [2.45, 2.75) is 32.2 Å². The Bertz CT molecular complexity index is 1250. The van der Waals surface area contributed by atoms with Gasteiger partial charge >= 0.3 is 0 Å². The predicted molar refractivity (Wildman–Crippen MR) is 136 cm³/mol. The molecule has 1 aliphatic heterocycles. The van der Waals surface area contributed by atoms with E-state index >= 15 is 0 Å². The molecule has 2 aromatic carbocycles. The molecule has 0 radical (unpaired) electrons. The number of ether oxygens (including phenoxy) is 1. The van der Waals surface area contributed by atoms with Gasteiger partial charge in [0.15, 0.2) is 0 Å². The number of rotatable bonds is 6. The van der Waals surface area contributed by atoms with Crippen molar-refractivity contribution in [1.29, 1.82) is 0 Å². The topological polar surface area (TPSA) is 71.5 Å². The number of piperidine rings is 1. The van der Waals surface area contributed by atoms with Crippen molar-refractivity contribution in [2.75, 3.05) is 20.2 Å². The number of amides is 2. The molecule has 2 amide bonds. The van der Waals surface area contributed by atoms with Crippen molar-refractivity contribution < 1.29 is 18.7 Å². The van der Waals surface area contributed by atoms with Gasteiger partial charge in [-0.3, -0.25) is 9.59 Å². The largest absolute Gasteiger partial charge is 0.494 e. The molecule has 6 nitrogen and oxygen atoms in total. The lowest BCUT2D eigenvalue weighted by Gasteiger charge is -2.35. The molecular formula is C25H24Cl2FN3O3S. The van der Waals surface area contributed by atoms with Crippen LogP contribution in [0.5, 0.6) is 5.75 Å². The van der Waals surface area contributed by atoms with Crippen LogP contribution < -0.4 is 10.1 Å². The lowest BCUT2D eigenvalue weighted by Crippen LogP contribution is -2.49. The number of thiazole rings is 1. The van der Waals surface area contributed by atoms with Crippen LogP contribution >= 0.6 is 34.5 Å². The summed E-state index contributed by atoms with van der Waals surface area (Å²) in [5.74, 6) is -0.684. The summed E-state index contributed by atoms with van der Waals surface area (Å²) in [5, 5.41) is 4.22. The molecule has 184 valence electrons. The Balaban J connectivity index is 1.54. The van der Waals surface area contributed by atoms with Crippen LogP contribution in [0.25, 0.3) is 10.4 Å². The highest BCUT2D eigenvalue weighted by molar-refractivity contribution is 7.15. The summed E-state index contributed by atoms with van der Waals surface area (Å²) in [6.45, 7) is 2.66. The fraction of sp³-hybridized carbons (Fsp3) is 0.320. The van der Waals surface area contributed by atoms with Crippen LogP contribution in [0.2, 0.25) is 10.0 Å². The molecule has 4 rings (SSSR count). The van der Waals surface area contributed by atoms with Crippen molar-refractivity contribution in [3.63, 3.8) is 0 Å². The van der Waals surface area contributed by atoms with Crippen molar-refractivity contribution >= 4 is 46.4 Å². The Morgan fingerprint density at radius 1 is 1.23 bits per heavy atom. The number of hydrogen-bond donors (Lipinski definition) is 1. The molecule has 1 aromatic heterocycles. The normalized spacial score (nSPS) is 15.7. The molecule has 1 unspecified atom stereocenters. The molecule has 0 saturated carbocycles. The summed E-state index contributed by atoms with van der Waals surface area (Å²) in [6, 6.07) is 8.84. The molecule has 3 aromatic rings. The van der Waals surface area contributed by atoms with Crippen LogP contribution in [-0.2, 0) is 0 Å². The second-order valence-electron chi connectivity index (χ2n) is 8.24. The van der Waals surface area contributed by atoms with E-state index in [-0.39, 0.29) is 46.6 Å². The smallest absolute Gasteiger partial charge is 0.274 e. The summed E-state index contributed by atoms with van der Waals surface area (Å²) in [5.41, 5.74) is 1.32. The molecule has 10 heteroatoms. The fourth-order valence-electron chi connectivity index (χ4n) is 4.23. The highest BCUT2D eigenvalue weighted by Crippen LogP contribution is 2.34. The zero-order valence-corrected chi connectivity index (χ0v) is 21.6. The van der Waals surface area contributed by atoms with E-state index in [4.69, 9.17) is 27.9 Å². The van der Waals surface area contributed by atoms with Crippen molar-refractivity contribution in [3.8, 4) is 16.2 Å². The molecule has 1 aliphatic rings. The maximum atomic E-state index is 13.6. The molecule has 35 heavy (non-hydrogen) atoms. The zero-order chi connectivity index (χ0) is 25.1. The van der Waals surface area contributed by atoms with Crippen molar-refractivity contribution in [3.05, 3.63) is 68.5 Å². The first-order valence-corrected chi connectivity index (χ1v) is 12.7. The van der Waals surface area contributed by atoms with Crippen LogP contribution in [0.15, 0.2) is 36.4 Å². The van der Waals surface area contributed by atoms with E-state index in [0.29, 0.717) is 22.1 Å². The van der Waals surface area contributed by atoms with Gasteiger partial charge in [-0.15, -0.1) is 11.3 Å². The number of aryl methyl sites for hydroxylation is 1. The number of carbonyl (C=O) groups is 2. The third-order valence-electron chi connectivity index (χ3n) is 5.89. The quantitative estimate of drug-likeness (QED) is 0.420. The van der Waals surface area contributed by atoms with Gasteiger partial charge in [-0.05, 0) is 56.0 Å². The maximum absolute atomic E-state index is 13.6. The highest BCUT2D eigenvalue weighted by atomic mass is 35.5. The Hall–Kier alpha value is -2.68. The van der Waals surface area contributed by atoms with Crippen LogP contribution in [-0.4, -0.2) is 47.9 Å². The number of halogens is 3. The highest BCUT2D eigenvalue weighted by Gasteiger charge is 2.31. The van der Waals surface area contributed by atoms with Crippen LogP contribution in [0, 0.1) is 12.7 Å². The lowest BCUT2D eigenvalue weighted by atomic mass is 10.0. The van der Waals surface area contributed by atoms with Gasteiger partial charge in [-0.2, -0.15) is 0 Å². The molecule has 1 saturated heterocycles. The number of methoxy groups -OCH3 is 1. The van der Waals surface area contributed by atoms with E-state index in [1.165, 1.54) is 42.7 Å². The Morgan fingerprint density at radius 2 is 1.97 bits per heavy atom. The van der Waals surface area contributed by atoms with E-state index in [1.807, 2.05) is 6.92 Å². The molecule has 0 aliphatic carbocycles. The Labute approximate surface area is 217 Å². The molecule has 0 spiro atoms. The number of benzene rings is 2. The Kier molecular flexibility index (Phi) is 7.94. The van der Waals surface area contributed by atoms with E-state index in [1.54, 1.807) is 17.0 Å². The first-order chi connectivity index (χ1) is 16.8. The van der Waals surface area contributed by atoms with E-state index < -0.39 is 0 Å². The van der Waals surface area contributed by atoms with Gasteiger partial charge in [0.25, 0.3) is 11.8 Å². The predicted octanol–water partition coefficient (Wildman–Crippen LogP) is 6.00.